The molecule has 0 fully saturated rings. The number of likely N-dealkylation sites (N-methyl/N-ethyl adjacent to an activating group) is 2. The predicted octanol–water partition coefficient (Wildman–Crippen LogP) is 4.01. The highest BCUT2D eigenvalue weighted by molar-refractivity contribution is 6.05. The first kappa shape index (κ1) is 28.8. The minimum absolute atomic E-state index is 0.177. The van der Waals surface area contributed by atoms with Crippen LogP contribution < -0.4 is 30.9 Å². The molecule has 0 saturated heterocycles. The van der Waals surface area contributed by atoms with E-state index in [2.05, 4.69) is 26.1 Å². The number of hydrogen-bond acceptors (Lipinski definition) is 8. The van der Waals surface area contributed by atoms with Gasteiger partial charge >= 0.3 is 6.36 Å². The number of aryl methyl sites for hydroxylation is 2. The summed E-state index contributed by atoms with van der Waals surface area (Å²) in [5.74, 6) is -0.899. The molecule has 1 amide bonds. The van der Waals surface area contributed by atoms with Gasteiger partial charge < -0.3 is 25.3 Å². The van der Waals surface area contributed by atoms with E-state index in [1.54, 1.807) is 52.1 Å². The van der Waals surface area contributed by atoms with Crippen molar-refractivity contribution in [1.82, 2.24) is 25.6 Å². The molecule has 0 unspecified atom stereocenters. The summed E-state index contributed by atoms with van der Waals surface area (Å²) < 4.78 is 45.0. The minimum Gasteiger partial charge on any atom is -0.406 e. The number of alkyl halides is 3. The van der Waals surface area contributed by atoms with E-state index in [1.165, 1.54) is 6.07 Å². The van der Waals surface area contributed by atoms with Crippen LogP contribution in [0.15, 0.2) is 48.8 Å². The van der Waals surface area contributed by atoms with E-state index >= 15 is 0 Å². The Bertz CT molecular complexity index is 1420. The SMILES string of the molecule is Cc1ccc(C(=O)Nc2cc(OC(F)(F)F)cc(N(C)CCN(C)C)c2)cc1N1C=C(c2cnn(C)c2C)NN1. The van der Waals surface area contributed by atoms with Crippen molar-refractivity contribution >= 4 is 28.7 Å². The molecule has 214 valence electrons. The van der Waals surface area contributed by atoms with Gasteiger partial charge in [-0.25, -0.2) is 0 Å². The van der Waals surface area contributed by atoms with Crippen LogP contribution in [0.5, 0.6) is 5.75 Å². The fraction of sp³-hybridized carbons (Fsp3) is 0.333. The molecule has 1 aliphatic heterocycles. The molecule has 0 atom stereocenters. The number of anilines is 3. The molecule has 2 aromatic carbocycles. The molecule has 0 aliphatic carbocycles. The third kappa shape index (κ3) is 6.85. The van der Waals surface area contributed by atoms with Gasteiger partial charge in [0.2, 0.25) is 0 Å². The minimum atomic E-state index is -4.87. The number of nitrogens with zero attached hydrogens (tertiary/aromatic N) is 5. The Balaban J connectivity index is 1.58. The van der Waals surface area contributed by atoms with Gasteiger partial charge in [0, 0.05) is 73.7 Å². The molecular weight excluding hydrogens is 525 g/mol. The fourth-order valence-electron chi connectivity index (χ4n) is 4.10. The topological polar surface area (TPSA) is 89.9 Å². The van der Waals surface area contributed by atoms with Crippen LogP contribution in [-0.2, 0) is 7.05 Å². The van der Waals surface area contributed by atoms with Crippen molar-refractivity contribution in [1.29, 1.82) is 0 Å². The normalized spacial score (nSPS) is 13.3. The molecular formula is C27H33F3N8O2. The number of hydrogen-bond donors (Lipinski definition) is 3. The molecule has 0 saturated carbocycles. The molecule has 10 nitrogen and oxygen atoms in total. The molecule has 40 heavy (non-hydrogen) atoms. The second-order valence-electron chi connectivity index (χ2n) is 9.86. The number of amides is 1. The van der Waals surface area contributed by atoms with E-state index in [4.69, 9.17) is 0 Å². The fourth-order valence-corrected chi connectivity index (χ4v) is 4.10. The summed E-state index contributed by atoms with van der Waals surface area (Å²) in [6.45, 7) is 5.12. The molecule has 3 aromatic rings. The highest BCUT2D eigenvalue weighted by atomic mass is 19.4. The number of halogens is 3. The molecule has 0 radical (unpaired) electrons. The number of aromatic nitrogens is 2. The van der Waals surface area contributed by atoms with Crippen LogP contribution in [0.3, 0.4) is 0 Å². The zero-order valence-electron chi connectivity index (χ0n) is 23.2. The number of carbonyl (C=O) groups is 1. The maximum absolute atomic E-state index is 13.2. The second kappa shape index (κ2) is 11.5. The van der Waals surface area contributed by atoms with Crippen LogP contribution in [0.2, 0.25) is 0 Å². The lowest BCUT2D eigenvalue weighted by atomic mass is 10.1. The first-order chi connectivity index (χ1) is 18.8. The van der Waals surface area contributed by atoms with Gasteiger partial charge in [-0.1, -0.05) is 6.07 Å². The maximum Gasteiger partial charge on any atom is 0.573 e. The summed E-state index contributed by atoms with van der Waals surface area (Å²) in [6.07, 6.45) is -1.24. The Morgan fingerprint density at radius 3 is 2.50 bits per heavy atom. The van der Waals surface area contributed by atoms with Crippen molar-refractivity contribution < 1.29 is 22.7 Å². The predicted molar refractivity (Wildman–Crippen MR) is 149 cm³/mol. The van der Waals surface area contributed by atoms with E-state index in [9.17, 15) is 18.0 Å². The van der Waals surface area contributed by atoms with Gasteiger partial charge in [-0.2, -0.15) is 5.10 Å². The monoisotopic (exact) mass is 558 g/mol. The van der Waals surface area contributed by atoms with Gasteiger partial charge in [0.15, 0.2) is 0 Å². The van der Waals surface area contributed by atoms with Crippen LogP contribution in [0.25, 0.3) is 5.70 Å². The van der Waals surface area contributed by atoms with Gasteiger partial charge in [-0.05, 0) is 51.7 Å². The van der Waals surface area contributed by atoms with E-state index < -0.39 is 18.0 Å². The van der Waals surface area contributed by atoms with Gasteiger partial charge in [-0.3, -0.25) is 14.5 Å². The maximum atomic E-state index is 13.2. The molecule has 0 spiro atoms. The van der Waals surface area contributed by atoms with Crippen LogP contribution in [0, 0.1) is 13.8 Å². The zero-order valence-corrected chi connectivity index (χ0v) is 23.2. The number of benzene rings is 2. The highest BCUT2D eigenvalue weighted by Gasteiger charge is 2.31. The summed E-state index contributed by atoms with van der Waals surface area (Å²) in [6, 6.07) is 9.23. The summed E-state index contributed by atoms with van der Waals surface area (Å²) >= 11 is 0. The average Bonchev–Trinajstić information content (AvgIpc) is 3.48. The molecule has 1 aliphatic rings. The van der Waals surface area contributed by atoms with Crippen molar-refractivity contribution in [2.45, 2.75) is 20.2 Å². The van der Waals surface area contributed by atoms with Gasteiger partial charge in [0.05, 0.1) is 17.6 Å². The Labute approximate surface area is 230 Å². The van der Waals surface area contributed by atoms with E-state index in [-0.39, 0.29) is 5.69 Å². The number of ether oxygens (including phenoxy) is 1. The van der Waals surface area contributed by atoms with Crippen molar-refractivity contribution in [3.8, 4) is 5.75 Å². The molecule has 2 heterocycles. The number of rotatable bonds is 9. The van der Waals surface area contributed by atoms with Crippen LogP contribution in [0.4, 0.5) is 30.2 Å². The van der Waals surface area contributed by atoms with Crippen LogP contribution in [0.1, 0.15) is 27.2 Å². The summed E-state index contributed by atoms with van der Waals surface area (Å²) in [5.41, 5.74) is 11.5. The molecule has 4 rings (SSSR count). The van der Waals surface area contributed by atoms with Crippen molar-refractivity contribution in [3.05, 3.63) is 71.2 Å². The Hall–Kier alpha value is -4.23. The quantitative estimate of drug-likeness (QED) is 0.363. The molecule has 0 bridgehead atoms. The Morgan fingerprint density at radius 1 is 1.10 bits per heavy atom. The number of nitrogens with one attached hydrogen (secondary N) is 3. The van der Waals surface area contributed by atoms with Gasteiger partial charge in [0.1, 0.15) is 5.75 Å². The summed E-state index contributed by atoms with van der Waals surface area (Å²) in [7, 11) is 7.44. The summed E-state index contributed by atoms with van der Waals surface area (Å²) in [5, 5.41) is 8.75. The lowest BCUT2D eigenvalue weighted by Gasteiger charge is -2.23. The third-order valence-corrected chi connectivity index (χ3v) is 6.53. The van der Waals surface area contributed by atoms with Crippen LogP contribution >= 0.6 is 0 Å². The summed E-state index contributed by atoms with van der Waals surface area (Å²) in [4.78, 5) is 17.0. The third-order valence-electron chi connectivity index (χ3n) is 6.53. The first-order valence-electron chi connectivity index (χ1n) is 12.5. The lowest BCUT2D eigenvalue weighted by molar-refractivity contribution is -0.274. The number of carbonyl (C=O) groups excluding carboxylic acids is 1. The Morgan fingerprint density at radius 2 is 1.85 bits per heavy atom. The van der Waals surface area contributed by atoms with E-state index in [0.717, 1.165) is 34.3 Å². The number of hydrazine groups is 2. The molecule has 1 aromatic heterocycles. The van der Waals surface area contributed by atoms with Gasteiger partial charge in [-0.15, -0.1) is 18.7 Å². The molecule has 13 heteroatoms. The van der Waals surface area contributed by atoms with Crippen molar-refractivity contribution in [2.24, 2.45) is 7.05 Å². The lowest BCUT2D eigenvalue weighted by Crippen LogP contribution is -2.36. The van der Waals surface area contributed by atoms with Crippen LogP contribution in [-0.4, -0.2) is 61.2 Å². The van der Waals surface area contributed by atoms with Gasteiger partial charge in [0.25, 0.3) is 5.91 Å². The smallest absolute Gasteiger partial charge is 0.406 e. The first-order valence-corrected chi connectivity index (χ1v) is 12.5. The van der Waals surface area contributed by atoms with E-state index in [0.29, 0.717) is 24.3 Å². The largest absolute Gasteiger partial charge is 0.573 e. The zero-order chi connectivity index (χ0) is 29.2. The molecule has 3 N–H and O–H groups in total. The van der Waals surface area contributed by atoms with E-state index in [1.807, 2.05) is 46.1 Å². The Kier molecular flexibility index (Phi) is 8.26. The standard InChI is InChI=1S/C27H33F3N8O2/c1-17-7-8-19(11-25(17)38-16-24(33-34-38)23-15-31-37(6)18(23)2)26(39)32-20-12-21(36(5)10-9-35(3)4)14-22(13-20)40-27(28,29)30/h7-8,11-16,33-34H,9-10H2,1-6H3,(H,32,39). The highest BCUT2D eigenvalue weighted by Crippen LogP contribution is 2.32. The average molecular weight is 559 g/mol. The second-order valence-corrected chi connectivity index (χ2v) is 9.86. The van der Waals surface area contributed by atoms with Crippen molar-refractivity contribution in [2.75, 3.05) is 49.5 Å². The van der Waals surface area contributed by atoms with Crippen molar-refractivity contribution in [3.63, 3.8) is 0 Å².